The SMILES string of the molecule is O=C(NO)C(=O)c1ccccc1O. The lowest BCUT2D eigenvalue weighted by Crippen LogP contribution is -2.27. The van der Waals surface area contributed by atoms with E-state index in [2.05, 4.69) is 0 Å². The van der Waals surface area contributed by atoms with Crippen LogP contribution in [0.15, 0.2) is 24.3 Å². The third-order valence-electron chi connectivity index (χ3n) is 1.46. The summed E-state index contributed by atoms with van der Waals surface area (Å²) >= 11 is 0. The van der Waals surface area contributed by atoms with E-state index in [4.69, 9.17) is 10.3 Å². The normalized spacial score (nSPS) is 9.31. The van der Waals surface area contributed by atoms with Crippen molar-refractivity contribution < 1.29 is 19.9 Å². The molecule has 0 heterocycles. The van der Waals surface area contributed by atoms with E-state index in [1.807, 2.05) is 0 Å². The van der Waals surface area contributed by atoms with Crippen LogP contribution >= 0.6 is 0 Å². The maximum absolute atomic E-state index is 11.1. The average molecular weight is 181 g/mol. The number of nitrogens with one attached hydrogen (secondary N) is 1. The molecule has 3 N–H and O–H groups in total. The van der Waals surface area contributed by atoms with Gasteiger partial charge >= 0.3 is 5.91 Å². The lowest BCUT2D eigenvalue weighted by Gasteiger charge is -2.00. The molecule has 68 valence electrons. The first-order valence-corrected chi connectivity index (χ1v) is 3.43. The molecule has 0 aliphatic carbocycles. The Bertz CT molecular complexity index is 348. The van der Waals surface area contributed by atoms with E-state index in [0.29, 0.717) is 0 Å². The van der Waals surface area contributed by atoms with Gasteiger partial charge in [-0.05, 0) is 12.1 Å². The molecule has 1 rings (SSSR count). The Balaban J connectivity index is 3.02. The first kappa shape index (κ1) is 9.21. The van der Waals surface area contributed by atoms with Crippen LogP contribution in [0.25, 0.3) is 0 Å². The van der Waals surface area contributed by atoms with Gasteiger partial charge in [-0.25, -0.2) is 5.48 Å². The summed E-state index contributed by atoms with van der Waals surface area (Å²) in [6.07, 6.45) is 0. The number of hydroxylamine groups is 1. The number of hydrogen-bond donors (Lipinski definition) is 3. The summed E-state index contributed by atoms with van der Waals surface area (Å²) in [5.41, 5.74) is 1.05. The van der Waals surface area contributed by atoms with Crippen LogP contribution < -0.4 is 5.48 Å². The van der Waals surface area contributed by atoms with E-state index in [1.54, 1.807) is 0 Å². The molecule has 0 atom stereocenters. The van der Waals surface area contributed by atoms with Crippen LogP contribution in [0.4, 0.5) is 0 Å². The molecule has 0 saturated heterocycles. The van der Waals surface area contributed by atoms with Gasteiger partial charge < -0.3 is 5.11 Å². The van der Waals surface area contributed by atoms with E-state index in [9.17, 15) is 9.59 Å². The summed E-state index contributed by atoms with van der Waals surface area (Å²) in [6.45, 7) is 0. The molecule has 1 aromatic rings. The third kappa shape index (κ3) is 1.83. The Morgan fingerprint density at radius 3 is 2.38 bits per heavy atom. The molecule has 0 unspecified atom stereocenters. The maximum Gasteiger partial charge on any atom is 0.315 e. The zero-order chi connectivity index (χ0) is 9.84. The predicted molar refractivity (Wildman–Crippen MR) is 42.4 cm³/mol. The Morgan fingerprint density at radius 1 is 1.23 bits per heavy atom. The Kier molecular flexibility index (Phi) is 2.61. The van der Waals surface area contributed by atoms with Crippen LogP contribution in [0.3, 0.4) is 0 Å². The van der Waals surface area contributed by atoms with Crippen molar-refractivity contribution in [1.82, 2.24) is 5.48 Å². The molecular weight excluding hydrogens is 174 g/mol. The van der Waals surface area contributed by atoms with Crippen molar-refractivity contribution in [2.45, 2.75) is 0 Å². The zero-order valence-corrected chi connectivity index (χ0v) is 6.52. The quantitative estimate of drug-likeness (QED) is 0.261. The molecule has 0 aliphatic heterocycles. The number of benzene rings is 1. The topological polar surface area (TPSA) is 86.6 Å². The van der Waals surface area contributed by atoms with Gasteiger partial charge in [-0.1, -0.05) is 12.1 Å². The molecule has 0 fully saturated rings. The Labute approximate surface area is 73.6 Å². The maximum atomic E-state index is 11.1. The van der Waals surface area contributed by atoms with Crippen LogP contribution in [0.2, 0.25) is 0 Å². The molecule has 5 nitrogen and oxygen atoms in total. The number of phenolic OH excluding ortho intramolecular Hbond substituents is 1. The van der Waals surface area contributed by atoms with Gasteiger partial charge in [0.05, 0.1) is 5.56 Å². The molecule has 5 heteroatoms. The fourth-order valence-electron chi connectivity index (χ4n) is 0.839. The second-order valence-corrected chi connectivity index (χ2v) is 2.29. The number of ketones is 1. The van der Waals surface area contributed by atoms with Crippen molar-refractivity contribution in [3.63, 3.8) is 0 Å². The van der Waals surface area contributed by atoms with Gasteiger partial charge in [-0.15, -0.1) is 0 Å². The number of para-hydroxylation sites is 1. The van der Waals surface area contributed by atoms with E-state index in [1.165, 1.54) is 29.7 Å². The number of carbonyl (C=O) groups excluding carboxylic acids is 2. The molecule has 0 saturated carbocycles. The fourth-order valence-corrected chi connectivity index (χ4v) is 0.839. The fraction of sp³-hybridized carbons (Fsp3) is 0. The number of rotatable bonds is 2. The van der Waals surface area contributed by atoms with Gasteiger partial charge in [0.1, 0.15) is 5.75 Å². The molecule has 1 aromatic carbocycles. The van der Waals surface area contributed by atoms with E-state index >= 15 is 0 Å². The molecular formula is C8H7NO4. The van der Waals surface area contributed by atoms with Gasteiger partial charge in [0.2, 0.25) is 0 Å². The Hall–Kier alpha value is -1.88. The van der Waals surface area contributed by atoms with E-state index < -0.39 is 11.7 Å². The first-order valence-electron chi connectivity index (χ1n) is 3.43. The highest BCUT2D eigenvalue weighted by atomic mass is 16.5. The molecule has 0 aliphatic rings. The number of phenols is 1. The molecule has 13 heavy (non-hydrogen) atoms. The molecule has 0 radical (unpaired) electrons. The van der Waals surface area contributed by atoms with Gasteiger partial charge in [0.15, 0.2) is 0 Å². The largest absolute Gasteiger partial charge is 0.507 e. The minimum atomic E-state index is -1.18. The van der Waals surface area contributed by atoms with E-state index in [-0.39, 0.29) is 11.3 Å². The highest BCUT2D eigenvalue weighted by Crippen LogP contribution is 2.15. The summed E-state index contributed by atoms with van der Waals surface area (Å²) < 4.78 is 0. The molecule has 0 spiro atoms. The van der Waals surface area contributed by atoms with Crippen molar-refractivity contribution in [3.05, 3.63) is 29.8 Å². The van der Waals surface area contributed by atoms with Crippen LogP contribution in [0.1, 0.15) is 10.4 Å². The number of hydrogen-bond acceptors (Lipinski definition) is 4. The van der Waals surface area contributed by atoms with Crippen LogP contribution in [0, 0.1) is 0 Å². The minimum Gasteiger partial charge on any atom is -0.507 e. The first-order chi connectivity index (χ1) is 6.16. The molecule has 0 aromatic heterocycles. The number of amides is 1. The third-order valence-corrected chi connectivity index (χ3v) is 1.46. The predicted octanol–water partition coefficient (Wildman–Crippen LogP) is 0.0803. The summed E-state index contributed by atoms with van der Waals surface area (Å²) in [4.78, 5) is 21.7. The molecule has 1 amide bonds. The standard InChI is InChI=1S/C8H7NO4/c10-6-4-2-1-3-5(6)7(11)8(12)9-13/h1-4,10,13H,(H,9,12). The second kappa shape index (κ2) is 3.68. The minimum absolute atomic E-state index is 0.144. The van der Waals surface area contributed by atoms with Crippen molar-refractivity contribution in [3.8, 4) is 5.75 Å². The zero-order valence-electron chi connectivity index (χ0n) is 6.52. The summed E-state index contributed by atoms with van der Waals surface area (Å²) in [5.74, 6) is -2.46. The number of carbonyl (C=O) groups is 2. The van der Waals surface area contributed by atoms with Gasteiger partial charge in [0, 0.05) is 0 Å². The Morgan fingerprint density at radius 2 is 1.85 bits per heavy atom. The van der Waals surface area contributed by atoms with E-state index in [0.717, 1.165) is 0 Å². The van der Waals surface area contributed by atoms with Gasteiger partial charge in [-0.2, -0.15) is 0 Å². The van der Waals surface area contributed by atoms with Gasteiger partial charge in [0.25, 0.3) is 5.78 Å². The van der Waals surface area contributed by atoms with Crippen LogP contribution in [-0.4, -0.2) is 22.0 Å². The summed E-state index contributed by atoms with van der Waals surface area (Å²) in [5, 5.41) is 17.3. The highest BCUT2D eigenvalue weighted by Gasteiger charge is 2.17. The summed E-state index contributed by atoms with van der Waals surface area (Å²) in [7, 11) is 0. The smallest absolute Gasteiger partial charge is 0.315 e. The van der Waals surface area contributed by atoms with Crippen LogP contribution in [0.5, 0.6) is 5.75 Å². The number of Topliss-reactive ketones (excluding diaryl/α,β-unsaturated/α-hetero) is 1. The average Bonchev–Trinajstić information content (AvgIpc) is 2.16. The number of aromatic hydroxyl groups is 1. The van der Waals surface area contributed by atoms with Crippen molar-refractivity contribution in [1.29, 1.82) is 0 Å². The van der Waals surface area contributed by atoms with Crippen molar-refractivity contribution in [2.24, 2.45) is 0 Å². The van der Waals surface area contributed by atoms with Crippen molar-refractivity contribution >= 4 is 11.7 Å². The highest BCUT2D eigenvalue weighted by molar-refractivity contribution is 6.43. The summed E-state index contributed by atoms with van der Waals surface area (Å²) in [6, 6.07) is 5.57. The van der Waals surface area contributed by atoms with Gasteiger partial charge in [-0.3, -0.25) is 14.8 Å². The van der Waals surface area contributed by atoms with Crippen molar-refractivity contribution in [2.75, 3.05) is 0 Å². The van der Waals surface area contributed by atoms with Crippen LogP contribution in [-0.2, 0) is 4.79 Å². The second-order valence-electron chi connectivity index (χ2n) is 2.29. The molecule has 0 bridgehead atoms. The monoisotopic (exact) mass is 181 g/mol. The lowest BCUT2D eigenvalue weighted by molar-refractivity contribution is -0.124. The lowest BCUT2D eigenvalue weighted by atomic mass is 10.1.